The van der Waals surface area contributed by atoms with Gasteiger partial charge in [0, 0.05) is 17.1 Å². The normalized spacial score (nSPS) is 13.0. The fraction of sp³-hybridized carbons (Fsp3) is 0.333. The van der Waals surface area contributed by atoms with Crippen molar-refractivity contribution >= 4 is 17.4 Å². The van der Waals surface area contributed by atoms with E-state index in [9.17, 15) is 18.3 Å². The third kappa shape index (κ3) is 4.33. The highest BCUT2D eigenvalue weighted by molar-refractivity contribution is 6.30. The Morgan fingerprint density at radius 3 is 2.52 bits per heavy atom. The second-order valence-corrected chi connectivity index (χ2v) is 5.62. The van der Waals surface area contributed by atoms with E-state index in [-0.39, 0.29) is 22.8 Å². The van der Waals surface area contributed by atoms with E-state index >= 15 is 0 Å². The Balaban J connectivity index is 2.42. The first-order valence-corrected chi connectivity index (χ1v) is 7.19. The summed E-state index contributed by atoms with van der Waals surface area (Å²) < 4.78 is 39.5. The standard InChI is InChI=1S/C15H15ClF3N3O/c1-8-5-13(21-22-14(8)20-7-9(2)23)11-4-3-10(16)6-12(11)15(17,18)19/h3-6,9,23H,7H2,1-2H3,(H,20,22)/t9-/m1/s1. The fourth-order valence-corrected chi connectivity index (χ4v) is 2.18. The van der Waals surface area contributed by atoms with Gasteiger partial charge in [-0.1, -0.05) is 17.7 Å². The van der Waals surface area contributed by atoms with Gasteiger partial charge in [0.05, 0.1) is 17.4 Å². The highest BCUT2D eigenvalue weighted by Gasteiger charge is 2.34. The number of alkyl halides is 3. The summed E-state index contributed by atoms with van der Waals surface area (Å²) in [4.78, 5) is 0. The summed E-state index contributed by atoms with van der Waals surface area (Å²) in [7, 11) is 0. The number of nitrogens with one attached hydrogen (secondary N) is 1. The third-order valence-corrected chi connectivity index (χ3v) is 3.35. The maximum atomic E-state index is 13.2. The van der Waals surface area contributed by atoms with Crippen molar-refractivity contribution in [1.82, 2.24) is 10.2 Å². The van der Waals surface area contributed by atoms with E-state index in [4.69, 9.17) is 11.6 Å². The highest BCUT2D eigenvalue weighted by Crippen LogP contribution is 2.38. The number of anilines is 1. The molecule has 0 fully saturated rings. The molecule has 0 aliphatic carbocycles. The molecule has 2 N–H and O–H groups in total. The number of aliphatic hydroxyl groups is 1. The SMILES string of the molecule is Cc1cc(-c2ccc(Cl)cc2C(F)(F)F)nnc1NC[C@@H](C)O. The van der Waals surface area contributed by atoms with E-state index in [0.29, 0.717) is 11.4 Å². The fourth-order valence-electron chi connectivity index (χ4n) is 2.01. The van der Waals surface area contributed by atoms with Crippen molar-refractivity contribution in [3.63, 3.8) is 0 Å². The molecular formula is C15H15ClF3N3O. The largest absolute Gasteiger partial charge is 0.417 e. The molecule has 0 aliphatic rings. The van der Waals surface area contributed by atoms with Gasteiger partial charge in [0.1, 0.15) is 0 Å². The minimum atomic E-state index is -4.54. The Labute approximate surface area is 136 Å². The molecule has 4 nitrogen and oxygen atoms in total. The summed E-state index contributed by atoms with van der Waals surface area (Å²) in [6.07, 6.45) is -5.12. The van der Waals surface area contributed by atoms with Crippen LogP contribution in [0.5, 0.6) is 0 Å². The maximum absolute atomic E-state index is 13.2. The molecule has 2 rings (SSSR count). The molecule has 0 radical (unpaired) electrons. The molecule has 1 heterocycles. The lowest BCUT2D eigenvalue weighted by molar-refractivity contribution is -0.137. The average molecular weight is 346 g/mol. The Morgan fingerprint density at radius 1 is 1.26 bits per heavy atom. The zero-order valence-electron chi connectivity index (χ0n) is 12.4. The lowest BCUT2D eigenvalue weighted by atomic mass is 10.0. The van der Waals surface area contributed by atoms with Crippen LogP contribution in [0, 0.1) is 6.92 Å². The number of aromatic nitrogens is 2. The second-order valence-electron chi connectivity index (χ2n) is 5.18. The number of benzene rings is 1. The lowest BCUT2D eigenvalue weighted by Gasteiger charge is -2.14. The van der Waals surface area contributed by atoms with Crippen LogP contribution in [0.2, 0.25) is 5.02 Å². The van der Waals surface area contributed by atoms with Crippen LogP contribution in [-0.4, -0.2) is 28.0 Å². The predicted octanol–water partition coefficient (Wildman–Crippen LogP) is 3.92. The Bertz CT molecular complexity index is 705. The number of aliphatic hydroxyl groups excluding tert-OH is 1. The van der Waals surface area contributed by atoms with Gasteiger partial charge in [-0.15, -0.1) is 10.2 Å². The lowest BCUT2D eigenvalue weighted by Crippen LogP contribution is -2.17. The Hall–Kier alpha value is -1.86. The van der Waals surface area contributed by atoms with Crippen molar-refractivity contribution in [2.45, 2.75) is 26.1 Å². The van der Waals surface area contributed by atoms with E-state index in [1.165, 1.54) is 18.2 Å². The molecule has 1 atom stereocenters. The van der Waals surface area contributed by atoms with Crippen molar-refractivity contribution < 1.29 is 18.3 Å². The number of hydrogen-bond donors (Lipinski definition) is 2. The quantitative estimate of drug-likeness (QED) is 0.882. The Kier molecular flexibility index (Phi) is 5.11. The average Bonchev–Trinajstić information content (AvgIpc) is 2.44. The predicted molar refractivity (Wildman–Crippen MR) is 82.4 cm³/mol. The zero-order valence-corrected chi connectivity index (χ0v) is 13.2. The van der Waals surface area contributed by atoms with E-state index in [0.717, 1.165) is 6.07 Å². The summed E-state index contributed by atoms with van der Waals surface area (Å²) in [5, 5.41) is 19.9. The molecule has 124 valence electrons. The van der Waals surface area contributed by atoms with E-state index in [1.54, 1.807) is 13.8 Å². The van der Waals surface area contributed by atoms with Gasteiger partial charge in [-0.2, -0.15) is 13.2 Å². The van der Waals surface area contributed by atoms with Crippen molar-refractivity contribution in [2.24, 2.45) is 0 Å². The molecule has 23 heavy (non-hydrogen) atoms. The van der Waals surface area contributed by atoms with Crippen molar-refractivity contribution in [3.05, 3.63) is 40.4 Å². The van der Waals surface area contributed by atoms with Crippen LogP contribution in [0.25, 0.3) is 11.3 Å². The van der Waals surface area contributed by atoms with Crippen LogP contribution in [0.1, 0.15) is 18.1 Å². The van der Waals surface area contributed by atoms with Gasteiger partial charge in [0.2, 0.25) is 0 Å². The molecule has 1 aromatic carbocycles. The van der Waals surface area contributed by atoms with Gasteiger partial charge in [-0.05, 0) is 37.6 Å². The smallest absolute Gasteiger partial charge is 0.392 e. The molecule has 8 heteroatoms. The highest BCUT2D eigenvalue weighted by atomic mass is 35.5. The minimum absolute atomic E-state index is 0.000904. The number of hydrogen-bond acceptors (Lipinski definition) is 4. The summed E-state index contributed by atoms with van der Waals surface area (Å²) in [6.45, 7) is 3.57. The molecule has 1 aromatic heterocycles. The van der Waals surface area contributed by atoms with E-state index < -0.39 is 17.8 Å². The maximum Gasteiger partial charge on any atom is 0.417 e. The van der Waals surface area contributed by atoms with Crippen LogP contribution < -0.4 is 5.32 Å². The minimum Gasteiger partial charge on any atom is -0.392 e. The van der Waals surface area contributed by atoms with Gasteiger partial charge in [0.15, 0.2) is 5.82 Å². The summed E-state index contributed by atoms with van der Waals surface area (Å²) in [5.74, 6) is 0.414. The van der Waals surface area contributed by atoms with Crippen LogP contribution in [0.4, 0.5) is 19.0 Å². The van der Waals surface area contributed by atoms with Crippen LogP contribution in [0.3, 0.4) is 0 Å². The monoisotopic (exact) mass is 345 g/mol. The van der Waals surface area contributed by atoms with Gasteiger partial charge >= 0.3 is 6.18 Å². The summed E-state index contributed by atoms with van der Waals surface area (Å²) in [6, 6.07) is 5.03. The van der Waals surface area contributed by atoms with Gasteiger partial charge in [0.25, 0.3) is 0 Å². The van der Waals surface area contributed by atoms with E-state index in [2.05, 4.69) is 15.5 Å². The Morgan fingerprint density at radius 2 is 1.96 bits per heavy atom. The molecule has 0 unspecified atom stereocenters. The molecule has 0 bridgehead atoms. The molecule has 0 spiro atoms. The first-order valence-electron chi connectivity index (χ1n) is 6.82. The van der Waals surface area contributed by atoms with Gasteiger partial charge in [-0.3, -0.25) is 0 Å². The molecule has 2 aromatic rings. The van der Waals surface area contributed by atoms with Crippen LogP contribution in [0.15, 0.2) is 24.3 Å². The van der Waals surface area contributed by atoms with E-state index in [1.807, 2.05) is 0 Å². The van der Waals surface area contributed by atoms with Crippen LogP contribution >= 0.6 is 11.6 Å². The van der Waals surface area contributed by atoms with Crippen molar-refractivity contribution in [1.29, 1.82) is 0 Å². The third-order valence-electron chi connectivity index (χ3n) is 3.11. The number of aryl methyl sites for hydroxylation is 1. The topological polar surface area (TPSA) is 58.0 Å². The first-order chi connectivity index (χ1) is 10.7. The number of nitrogens with zero attached hydrogens (tertiary/aromatic N) is 2. The summed E-state index contributed by atoms with van der Waals surface area (Å²) >= 11 is 5.67. The molecular weight excluding hydrogens is 331 g/mol. The molecule has 0 amide bonds. The van der Waals surface area contributed by atoms with Gasteiger partial charge in [-0.25, -0.2) is 0 Å². The molecule has 0 saturated heterocycles. The van der Waals surface area contributed by atoms with Crippen molar-refractivity contribution in [3.8, 4) is 11.3 Å². The first kappa shape index (κ1) is 17.5. The van der Waals surface area contributed by atoms with Crippen LogP contribution in [-0.2, 0) is 6.18 Å². The molecule has 0 saturated carbocycles. The second kappa shape index (κ2) is 6.72. The summed E-state index contributed by atoms with van der Waals surface area (Å²) in [5.41, 5.74) is -0.212. The van der Waals surface area contributed by atoms with Crippen molar-refractivity contribution in [2.75, 3.05) is 11.9 Å². The number of rotatable bonds is 4. The zero-order chi connectivity index (χ0) is 17.2. The molecule has 0 aliphatic heterocycles. The van der Waals surface area contributed by atoms with Gasteiger partial charge < -0.3 is 10.4 Å². The number of halogens is 4.